The number of anilines is 2. The van der Waals surface area contributed by atoms with Crippen molar-refractivity contribution in [2.75, 3.05) is 37.5 Å². The van der Waals surface area contributed by atoms with Gasteiger partial charge < -0.3 is 19.5 Å². The van der Waals surface area contributed by atoms with Crippen LogP contribution in [0.1, 0.15) is 10.4 Å². The number of hydrogen-bond acceptors (Lipinski definition) is 6. The molecule has 0 spiro atoms. The van der Waals surface area contributed by atoms with Crippen molar-refractivity contribution in [3.8, 4) is 11.5 Å². The van der Waals surface area contributed by atoms with Gasteiger partial charge in [0, 0.05) is 18.4 Å². The maximum atomic E-state index is 12.6. The molecule has 0 atom stereocenters. The average Bonchev–Trinajstić information content (AvgIpc) is 2.80. The Kier molecular flexibility index (Phi) is 7.69. The van der Waals surface area contributed by atoms with Gasteiger partial charge in [0.2, 0.25) is 0 Å². The summed E-state index contributed by atoms with van der Waals surface area (Å²) < 4.78 is 43.4. The van der Waals surface area contributed by atoms with Crippen molar-refractivity contribution in [3.63, 3.8) is 0 Å². The van der Waals surface area contributed by atoms with Crippen LogP contribution >= 0.6 is 0 Å². The van der Waals surface area contributed by atoms with Gasteiger partial charge in [0.25, 0.3) is 15.9 Å². The Bertz CT molecular complexity index is 1150. The summed E-state index contributed by atoms with van der Waals surface area (Å²) in [6.07, 6.45) is 0. The van der Waals surface area contributed by atoms with E-state index >= 15 is 0 Å². The van der Waals surface area contributed by atoms with E-state index in [0.717, 1.165) is 0 Å². The fourth-order valence-corrected chi connectivity index (χ4v) is 3.86. The third kappa shape index (κ3) is 5.99. The number of hydrogen-bond donors (Lipinski definition) is 2. The highest BCUT2D eigenvalue weighted by Crippen LogP contribution is 2.24. The molecule has 0 bridgehead atoms. The molecule has 0 radical (unpaired) electrons. The first-order valence-electron chi connectivity index (χ1n) is 9.72. The lowest BCUT2D eigenvalue weighted by Crippen LogP contribution is -2.14. The molecule has 0 saturated carbocycles. The summed E-state index contributed by atoms with van der Waals surface area (Å²) in [7, 11) is -0.698. The minimum absolute atomic E-state index is 0.0922. The number of nitrogens with one attached hydrogen (secondary N) is 2. The van der Waals surface area contributed by atoms with Gasteiger partial charge in [-0.25, -0.2) is 8.42 Å². The first-order valence-corrected chi connectivity index (χ1v) is 11.2. The second-order valence-corrected chi connectivity index (χ2v) is 8.33. The van der Waals surface area contributed by atoms with Crippen LogP contribution in [-0.2, 0) is 14.8 Å². The number of ether oxygens (including phenoxy) is 3. The molecule has 8 nitrogen and oxygen atoms in total. The van der Waals surface area contributed by atoms with Gasteiger partial charge in [-0.3, -0.25) is 9.52 Å². The van der Waals surface area contributed by atoms with Crippen LogP contribution in [0.5, 0.6) is 11.5 Å². The van der Waals surface area contributed by atoms with Gasteiger partial charge in [-0.2, -0.15) is 0 Å². The van der Waals surface area contributed by atoms with Crippen molar-refractivity contribution in [1.82, 2.24) is 0 Å². The zero-order valence-electron chi connectivity index (χ0n) is 17.7. The van der Waals surface area contributed by atoms with Gasteiger partial charge in [-0.1, -0.05) is 12.1 Å². The predicted octanol–water partition coefficient (Wildman–Crippen LogP) is 3.77. The summed E-state index contributed by atoms with van der Waals surface area (Å²) in [5.74, 6) is 0.750. The predicted molar refractivity (Wildman–Crippen MR) is 122 cm³/mol. The molecular formula is C23H24N2O6S. The number of benzene rings is 3. The molecule has 3 rings (SSSR count). The lowest BCUT2D eigenvalue weighted by Gasteiger charge is -2.11. The minimum Gasteiger partial charge on any atom is -0.495 e. The zero-order chi connectivity index (χ0) is 23.0. The number of carbonyl (C=O) groups is 1. The molecule has 0 heterocycles. The van der Waals surface area contributed by atoms with E-state index in [-0.39, 0.29) is 10.8 Å². The van der Waals surface area contributed by atoms with Gasteiger partial charge in [0.05, 0.1) is 24.3 Å². The molecule has 0 saturated heterocycles. The second-order valence-electron chi connectivity index (χ2n) is 6.65. The zero-order valence-corrected chi connectivity index (χ0v) is 18.5. The molecule has 9 heteroatoms. The number of carbonyl (C=O) groups excluding carboxylic acids is 1. The Morgan fingerprint density at radius 2 is 1.56 bits per heavy atom. The Hall–Kier alpha value is -3.56. The highest BCUT2D eigenvalue weighted by atomic mass is 32.2. The fourth-order valence-electron chi connectivity index (χ4n) is 2.80. The van der Waals surface area contributed by atoms with Crippen LogP contribution in [0.3, 0.4) is 0 Å². The van der Waals surface area contributed by atoms with Crippen molar-refractivity contribution >= 4 is 27.3 Å². The molecule has 0 aliphatic rings. The van der Waals surface area contributed by atoms with Crippen molar-refractivity contribution in [3.05, 3.63) is 78.4 Å². The van der Waals surface area contributed by atoms with Gasteiger partial charge in [-0.15, -0.1) is 0 Å². The number of sulfonamides is 1. The van der Waals surface area contributed by atoms with E-state index in [1.807, 2.05) is 0 Å². The average molecular weight is 457 g/mol. The summed E-state index contributed by atoms with van der Waals surface area (Å²) in [6, 6.07) is 19.3. The normalized spacial score (nSPS) is 10.9. The molecule has 0 aliphatic heterocycles. The Morgan fingerprint density at radius 3 is 2.22 bits per heavy atom. The SMILES string of the molecule is COCCOc1ccc(S(=O)(=O)Nc2ccc(C(=O)Nc3ccccc3OC)cc2)cc1. The van der Waals surface area contributed by atoms with Crippen molar-refractivity contribution in [1.29, 1.82) is 0 Å². The highest BCUT2D eigenvalue weighted by Gasteiger charge is 2.15. The Labute approximate surface area is 187 Å². The van der Waals surface area contributed by atoms with Crippen LogP contribution in [-0.4, -0.2) is 41.8 Å². The number of amides is 1. The number of para-hydroxylation sites is 2. The van der Waals surface area contributed by atoms with Crippen molar-refractivity contribution < 1.29 is 27.4 Å². The summed E-state index contributed by atoms with van der Waals surface area (Å²) in [4.78, 5) is 12.6. The van der Waals surface area contributed by atoms with Crippen LogP contribution in [0.15, 0.2) is 77.7 Å². The first-order chi connectivity index (χ1) is 15.4. The van der Waals surface area contributed by atoms with Crippen LogP contribution in [0.2, 0.25) is 0 Å². The smallest absolute Gasteiger partial charge is 0.261 e. The molecule has 2 N–H and O–H groups in total. The van der Waals surface area contributed by atoms with Crippen molar-refractivity contribution in [2.45, 2.75) is 4.90 Å². The topological polar surface area (TPSA) is 103 Å². The molecule has 3 aromatic carbocycles. The third-order valence-electron chi connectivity index (χ3n) is 4.44. The van der Waals surface area contributed by atoms with E-state index in [1.54, 1.807) is 43.5 Å². The largest absolute Gasteiger partial charge is 0.495 e. The lowest BCUT2D eigenvalue weighted by atomic mass is 10.2. The maximum Gasteiger partial charge on any atom is 0.261 e. The second kappa shape index (κ2) is 10.7. The van der Waals surface area contributed by atoms with Gasteiger partial charge in [0.1, 0.15) is 18.1 Å². The van der Waals surface area contributed by atoms with Crippen LogP contribution in [0.4, 0.5) is 11.4 Å². The van der Waals surface area contributed by atoms with Gasteiger partial charge in [-0.05, 0) is 60.7 Å². The summed E-state index contributed by atoms with van der Waals surface area (Å²) in [6.45, 7) is 0.812. The van der Waals surface area contributed by atoms with Gasteiger partial charge >= 0.3 is 0 Å². The van der Waals surface area contributed by atoms with E-state index in [0.29, 0.717) is 41.7 Å². The van der Waals surface area contributed by atoms with Gasteiger partial charge in [0.15, 0.2) is 0 Å². The molecule has 0 aromatic heterocycles. The van der Waals surface area contributed by atoms with E-state index in [9.17, 15) is 13.2 Å². The number of methoxy groups -OCH3 is 2. The molecule has 168 valence electrons. The van der Waals surface area contributed by atoms with Crippen molar-refractivity contribution in [2.24, 2.45) is 0 Å². The summed E-state index contributed by atoms with van der Waals surface area (Å²) >= 11 is 0. The van der Waals surface area contributed by atoms with Crippen LogP contribution < -0.4 is 19.5 Å². The fraction of sp³-hybridized carbons (Fsp3) is 0.174. The van der Waals surface area contributed by atoms with E-state index in [4.69, 9.17) is 14.2 Å². The lowest BCUT2D eigenvalue weighted by molar-refractivity contribution is 0.102. The summed E-state index contributed by atoms with van der Waals surface area (Å²) in [5.41, 5.74) is 1.25. The molecule has 0 aliphatic carbocycles. The van der Waals surface area contributed by atoms with Crippen LogP contribution in [0, 0.1) is 0 Å². The van der Waals surface area contributed by atoms with E-state index in [2.05, 4.69) is 10.0 Å². The molecule has 1 amide bonds. The monoisotopic (exact) mass is 456 g/mol. The molecule has 3 aromatic rings. The molecule has 0 fully saturated rings. The van der Waals surface area contributed by atoms with E-state index in [1.165, 1.54) is 43.5 Å². The molecule has 32 heavy (non-hydrogen) atoms. The standard InChI is InChI=1S/C23H24N2O6S/c1-29-15-16-31-19-11-13-20(14-12-19)32(27,28)25-18-9-7-17(8-10-18)23(26)24-21-5-3-4-6-22(21)30-2/h3-14,25H,15-16H2,1-2H3,(H,24,26). The third-order valence-corrected chi connectivity index (χ3v) is 5.84. The molecular weight excluding hydrogens is 432 g/mol. The Balaban J connectivity index is 1.65. The minimum atomic E-state index is -3.79. The van der Waals surface area contributed by atoms with Crippen LogP contribution in [0.25, 0.3) is 0 Å². The Morgan fingerprint density at radius 1 is 0.875 bits per heavy atom. The highest BCUT2D eigenvalue weighted by molar-refractivity contribution is 7.92. The number of rotatable bonds is 10. The van der Waals surface area contributed by atoms with E-state index < -0.39 is 10.0 Å². The summed E-state index contributed by atoms with van der Waals surface area (Å²) in [5, 5.41) is 2.77. The molecule has 0 unspecified atom stereocenters. The maximum absolute atomic E-state index is 12.6. The first kappa shape index (κ1) is 23.1. The quantitative estimate of drug-likeness (QED) is 0.450.